The summed E-state index contributed by atoms with van der Waals surface area (Å²) in [5, 5.41) is 0. The Bertz CT molecular complexity index is 961. The molecule has 0 spiro atoms. The van der Waals surface area contributed by atoms with Crippen molar-refractivity contribution in [3.05, 3.63) is 46.5 Å². The van der Waals surface area contributed by atoms with Crippen LogP contribution in [-0.2, 0) is 16.2 Å². The van der Waals surface area contributed by atoms with Crippen LogP contribution in [0.15, 0.2) is 41.6 Å². The molecule has 0 unspecified atom stereocenters. The van der Waals surface area contributed by atoms with Gasteiger partial charge in [-0.25, -0.2) is 4.90 Å². The lowest BCUT2D eigenvalue weighted by Gasteiger charge is -2.10. The average molecular weight is 371 g/mol. The molecule has 0 aliphatic rings. The van der Waals surface area contributed by atoms with Gasteiger partial charge in [-0.05, 0) is 18.2 Å². The first kappa shape index (κ1) is 18.5. The minimum absolute atomic E-state index is 0.0112. The van der Waals surface area contributed by atoms with Gasteiger partial charge in [-0.15, -0.1) is 0 Å². The zero-order valence-electron chi connectivity index (χ0n) is 13.2. The first-order valence-corrected chi connectivity index (χ1v) is 8.27. The highest BCUT2D eigenvalue weighted by molar-refractivity contribution is 7.93. The van der Waals surface area contributed by atoms with Crippen LogP contribution in [0.5, 0.6) is 0 Å². The van der Waals surface area contributed by atoms with Gasteiger partial charge in [0.25, 0.3) is 0 Å². The fourth-order valence-corrected chi connectivity index (χ4v) is 3.04. The van der Waals surface area contributed by atoms with E-state index in [0.29, 0.717) is 6.20 Å². The lowest BCUT2D eigenvalue weighted by molar-refractivity contribution is -0.137. The fourth-order valence-electron chi connectivity index (χ4n) is 1.92. The minimum atomic E-state index is -4.60. The van der Waals surface area contributed by atoms with Crippen molar-refractivity contribution in [1.29, 1.82) is 0 Å². The second-order valence-corrected chi connectivity index (χ2v) is 6.85. The highest BCUT2D eigenvalue weighted by atomic mass is 32.2. The number of nitrogens with zero attached hydrogens (tertiary/aromatic N) is 3. The predicted octanol–water partition coefficient (Wildman–Crippen LogP) is 2.89. The van der Waals surface area contributed by atoms with Gasteiger partial charge in [0, 0.05) is 29.2 Å². The van der Waals surface area contributed by atoms with Crippen LogP contribution in [0.2, 0.25) is 0 Å². The zero-order valence-corrected chi connectivity index (χ0v) is 14.1. The topological polar surface area (TPSA) is 80.7 Å². The summed E-state index contributed by atoms with van der Waals surface area (Å²) in [5.74, 6) is 0. The number of hydrogen-bond donors (Lipinski definition) is 1. The molecule has 1 heterocycles. The molecule has 25 heavy (non-hydrogen) atoms. The van der Waals surface area contributed by atoms with Crippen molar-refractivity contribution in [3.8, 4) is 17.3 Å². The van der Waals surface area contributed by atoms with E-state index in [9.17, 15) is 21.6 Å². The van der Waals surface area contributed by atoms with Crippen LogP contribution in [0, 0.1) is 6.19 Å². The van der Waals surface area contributed by atoms with Crippen molar-refractivity contribution in [3.63, 3.8) is 0 Å². The van der Waals surface area contributed by atoms with Crippen molar-refractivity contribution < 1.29 is 21.6 Å². The molecule has 1 aromatic carbocycles. The second-order valence-electron chi connectivity index (χ2n) is 5.28. The number of benzene rings is 1. The number of nitrogen functional groups attached to an aromatic ring is 1. The van der Waals surface area contributed by atoms with Crippen molar-refractivity contribution in [1.82, 2.24) is 9.88 Å². The summed E-state index contributed by atoms with van der Waals surface area (Å²) in [6.07, 6.45) is -0.555. The number of alkyl halides is 3. The summed E-state index contributed by atoms with van der Waals surface area (Å²) in [6, 6.07) is 4.64. The van der Waals surface area contributed by atoms with Gasteiger partial charge in [0.1, 0.15) is 4.90 Å². The van der Waals surface area contributed by atoms with E-state index in [1.165, 1.54) is 31.1 Å². The molecule has 0 amide bonds. The van der Waals surface area contributed by atoms with Crippen LogP contribution in [0.3, 0.4) is 0 Å². The molecule has 1 aromatic heterocycles. The second kappa shape index (κ2) is 6.60. The summed E-state index contributed by atoms with van der Waals surface area (Å²) in [7, 11) is -1.17. The molecule has 132 valence electrons. The van der Waals surface area contributed by atoms with Gasteiger partial charge < -0.3 is 5.73 Å². The number of hydrogen-bond acceptors (Lipinski definition) is 5. The van der Waals surface area contributed by atoms with Crippen LogP contribution >= 0.6 is 0 Å². The fraction of sp³-hybridized carbons (Fsp3) is 0.200. The Morgan fingerprint density at radius 3 is 2.48 bits per heavy atom. The number of aromatic nitrogens is 1. The molecule has 0 aliphatic carbocycles. The Morgan fingerprint density at radius 2 is 1.88 bits per heavy atom. The Kier molecular flexibility index (Phi) is 4.89. The molecule has 0 saturated heterocycles. The molecule has 6 nitrogen and oxygen atoms in total. The molecular formula is C15H14F3N4O2S+. The smallest absolute Gasteiger partial charge is 0.399 e. The molecule has 0 fully saturated rings. The van der Waals surface area contributed by atoms with Crippen LogP contribution in [0.1, 0.15) is 5.56 Å². The maximum absolute atomic E-state index is 12.9. The van der Waals surface area contributed by atoms with Crippen LogP contribution in [0.25, 0.3) is 15.4 Å². The quantitative estimate of drug-likeness (QED) is 0.499. The number of pyridine rings is 1. The molecular weight excluding hydrogens is 357 g/mol. The summed E-state index contributed by atoms with van der Waals surface area (Å²) in [5.41, 5.74) is 4.75. The van der Waals surface area contributed by atoms with Crippen molar-refractivity contribution in [2.24, 2.45) is 0 Å². The lowest BCUT2D eigenvalue weighted by Crippen LogP contribution is -2.06. The standard InChI is InChI=1S/C15H14F3N4O2S/c1-22(2)9-21-25(23,24)14-6-12(19)3-4-13(14)10-5-11(8-20-7-10)15(16,17)18/h3-8H,19H2,1-2H3/q+1. The van der Waals surface area contributed by atoms with E-state index >= 15 is 0 Å². The number of nitrogens with two attached hydrogens (primary N) is 1. The SMILES string of the molecule is CN(C)C#[N+]S(=O)(=O)c1cc(N)ccc1-c1cncc(C(F)(F)F)c1. The highest BCUT2D eigenvalue weighted by Gasteiger charge is 2.32. The average Bonchev–Trinajstić information content (AvgIpc) is 2.52. The largest absolute Gasteiger partial charge is 0.423 e. The van der Waals surface area contributed by atoms with E-state index < -0.39 is 21.8 Å². The van der Waals surface area contributed by atoms with E-state index in [2.05, 4.69) is 15.4 Å². The van der Waals surface area contributed by atoms with Crippen LogP contribution in [-0.4, -0.2) is 32.4 Å². The van der Waals surface area contributed by atoms with Crippen LogP contribution in [0.4, 0.5) is 18.9 Å². The molecule has 0 radical (unpaired) electrons. The summed E-state index contributed by atoms with van der Waals surface area (Å²) in [4.78, 5) is 4.50. The number of sulfonamides is 1. The molecule has 2 N–H and O–H groups in total. The third-order valence-electron chi connectivity index (χ3n) is 3.02. The maximum Gasteiger partial charge on any atom is 0.423 e. The maximum atomic E-state index is 12.9. The summed E-state index contributed by atoms with van der Waals surface area (Å²) < 4.78 is 66.8. The van der Waals surface area contributed by atoms with E-state index in [0.717, 1.165) is 18.3 Å². The molecule has 2 rings (SSSR count). The van der Waals surface area contributed by atoms with Gasteiger partial charge in [-0.1, -0.05) is 10.3 Å². The van der Waals surface area contributed by atoms with Gasteiger partial charge in [-0.3, -0.25) is 4.98 Å². The van der Waals surface area contributed by atoms with Gasteiger partial charge >= 0.3 is 22.4 Å². The van der Waals surface area contributed by atoms with Crippen LogP contribution < -0.4 is 5.73 Å². The molecule has 0 bridgehead atoms. The van der Waals surface area contributed by atoms with E-state index in [-0.39, 0.29) is 21.7 Å². The molecule has 0 atom stereocenters. The van der Waals surface area contributed by atoms with Crippen molar-refractivity contribution in [2.45, 2.75) is 11.1 Å². The normalized spacial score (nSPS) is 11.6. The molecule has 0 aliphatic heterocycles. The summed E-state index contributed by atoms with van der Waals surface area (Å²) >= 11 is 0. The predicted molar refractivity (Wildman–Crippen MR) is 87.2 cm³/mol. The Hall–Kier alpha value is -2.80. The Labute approximate surface area is 142 Å². The number of anilines is 1. The number of halogens is 3. The molecule has 2 aromatic rings. The molecule has 0 saturated carbocycles. The first-order chi connectivity index (χ1) is 11.5. The van der Waals surface area contributed by atoms with E-state index in [4.69, 9.17) is 5.73 Å². The zero-order chi connectivity index (χ0) is 18.8. The first-order valence-electron chi connectivity index (χ1n) is 6.83. The van der Waals surface area contributed by atoms with Gasteiger partial charge in [-0.2, -0.15) is 21.6 Å². The van der Waals surface area contributed by atoms with Gasteiger partial charge in [0.15, 0.2) is 0 Å². The summed E-state index contributed by atoms with van der Waals surface area (Å²) in [6.45, 7) is 0. The van der Waals surface area contributed by atoms with Gasteiger partial charge in [0.2, 0.25) is 0 Å². The van der Waals surface area contributed by atoms with E-state index in [1.807, 2.05) is 0 Å². The van der Waals surface area contributed by atoms with Gasteiger partial charge in [0.05, 0.1) is 19.7 Å². The highest BCUT2D eigenvalue weighted by Crippen LogP contribution is 2.34. The monoisotopic (exact) mass is 371 g/mol. The van der Waals surface area contributed by atoms with Crippen molar-refractivity contribution in [2.75, 3.05) is 19.8 Å². The number of rotatable bonds is 2. The van der Waals surface area contributed by atoms with E-state index in [1.54, 1.807) is 0 Å². The Morgan fingerprint density at radius 1 is 1.20 bits per heavy atom. The lowest BCUT2D eigenvalue weighted by atomic mass is 10.1. The van der Waals surface area contributed by atoms with Crippen molar-refractivity contribution >= 4 is 15.7 Å². The third-order valence-corrected chi connectivity index (χ3v) is 4.24. The minimum Gasteiger partial charge on any atom is -0.399 e. The molecule has 10 heteroatoms. The third kappa shape index (κ3) is 4.39. The Balaban J connectivity index is 2.68.